The second-order valence-electron chi connectivity index (χ2n) is 13.8. The lowest BCUT2D eigenvalue weighted by atomic mass is 9.89. The Morgan fingerprint density at radius 3 is 2.51 bits per heavy atom. The van der Waals surface area contributed by atoms with Crippen LogP contribution in [-0.4, -0.2) is 62.3 Å². The lowest BCUT2D eigenvalue weighted by Gasteiger charge is -2.40. The van der Waals surface area contributed by atoms with Crippen LogP contribution in [0.15, 0.2) is 55.1 Å². The molecule has 12 heteroatoms. The van der Waals surface area contributed by atoms with E-state index in [1.807, 2.05) is 45.9 Å². The zero-order valence-electron chi connectivity index (χ0n) is 27.0. The highest BCUT2D eigenvalue weighted by atomic mass is 35.5. The van der Waals surface area contributed by atoms with Crippen molar-refractivity contribution in [2.45, 2.75) is 70.9 Å². The molecule has 0 spiro atoms. The number of pyridine rings is 3. The van der Waals surface area contributed by atoms with Gasteiger partial charge in [0.05, 0.1) is 41.5 Å². The molecule has 4 aromatic heterocycles. The van der Waals surface area contributed by atoms with Gasteiger partial charge in [0.15, 0.2) is 0 Å². The molecule has 1 N–H and O–H groups in total. The maximum absolute atomic E-state index is 12.8. The molecule has 244 valence electrons. The van der Waals surface area contributed by atoms with Gasteiger partial charge in [-0.3, -0.25) is 9.59 Å². The van der Waals surface area contributed by atoms with E-state index in [9.17, 15) is 14.9 Å². The average Bonchev–Trinajstić information content (AvgIpc) is 3.66. The minimum Gasteiger partial charge on any atom is -0.491 e. The molecule has 5 heterocycles. The largest absolute Gasteiger partial charge is 0.491 e. The Kier molecular flexibility index (Phi) is 8.57. The number of ether oxygens (including phenoxy) is 2. The van der Waals surface area contributed by atoms with Crippen molar-refractivity contribution in [3.05, 3.63) is 71.4 Å². The van der Waals surface area contributed by atoms with E-state index in [2.05, 4.69) is 26.4 Å². The fourth-order valence-corrected chi connectivity index (χ4v) is 6.13. The van der Waals surface area contributed by atoms with Crippen LogP contribution in [0.2, 0.25) is 5.02 Å². The molecule has 11 nitrogen and oxygen atoms in total. The molecule has 0 bridgehead atoms. The zero-order chi connectivity index (χ0) is 33.4. The number of rotatable bonds is 9. The number of aromatic nitrogens is 4. The van der Waals surface area contributed by atoms with E-state index in [4.69, 9.17) is 26.1 Å². The number of carbonyl (C=O) groups excluding carboxylic acids is 2. The van der Waals surface area contributed by atoms with Gasteiger partial charge in [0.25, 0.3) is 5.91 Å². The van der Waals surface area contributed by atoms with Crippen molar-refractivity contribution in [2.24, 2.45) is 5.41 Å². The molecule has 0 atom stereocenters. The third-order valence-electron chi connectivity index (χ3n) is 8.79. The molecule has 1 aliphatic carbocycles. The summed E-state index contributed by atoms with van der Waals surface area (Å²) < 4.78 is 13.5. The Hall–Kier alpha value is -4.69. The molecule has 0 aromatic carbocycles. The first kappa shape index (κ1) is 32.3. The Balaban J connectivity index is 1.15. The van der Waals surface area contributed by atoms with Crippen LogP contribution in [0.1, 0.15) is 75.9 Å². The van der Waals surface area contributed by atoms with Crippen molar-refractivity contribution >= 4 is 34.8 Å². The molecule has 0 radical (unpaired) electrons. The lowest BCUT2D eigenvalue weighted by Crippen LogP contribution is -2.53. The SMILES string of the molecule is CC1(NC(=O)c2ncccc2Cl)CCN(c2ccc(-c3cc(OCC4(CC(=O)OC(C)(C)C)CC4)cn4ncc(C#N)c34)cn2)CC1. The summed E-state index contributed by atoms with van der Waals surface area (Å²) in [6.45, 7) is 9.43. The van der Waals surface area contributed by atoms with Gasteiger partial charge in [-0.25, -0.2) is 14.5 Å². The molecule has 1 saturated carbocycles. The molecule has 6 rings (SSSR count). The Labute approximate surface area is 278 Å². The third kappa shape index (κ3) is 7.33. The van der Waals surface area contributed by atoms with Crippen LogP contribution in [0.3, 0.4) is 0 Å². The van der Waals surface area contributed by atoms with Crippen molar-refractivity contribution in [1.29, 1.82) is 5.26 Å². The van der Waals surface area contributed by atoms with Crippen molar-refractivity contribution in [2.75, 3.05) is 24.6 Å². The number of hydrogen-bond donors (Lipinski definition) is 1. The fraction of sp³-hybridized carbons (Fsp3) is 0.429. The van der Waals surface area contributed by atoms with Crippen LogP contribution >= 0.6 is 11.6 Å². The van der Waals surface area contributed by atoms with Crippen molar-refractivity contribution < 1.29 is 19.1 Å². The molecule has 1 amide bonds. The number of anilines is 1. The van der Waals surface area contributed by atoms with Gasteiger partial charge in [0, 0.05) is 47.6 Å². The summed E-state index contributed by atoms with van der Waals surface area (Å²) in [5.74, 6) is 0.914. The smallest absolute Gasteiger partial charge is 0.307 e. The Morgan fingerprint density at radius 1 is 1.11 bits per heavy atom. The summed E-state index contributed by atoms with van der Waals surface area (Å²) in [6, 6.07) is 11.5. The summed E-state index contributed by atoms with van der Waals surface area (Å²) >= 11 is 6.18. The average molecular weight is 656 g/mol. The van der Waals surface area contributed by atoms with E-state index in [-0.39, 0.29) is 23.0 Å². The summed E-state index contributed by atoms with van der Waals surface area (Å²) in [4.78, 5) is 36.5. The van der Waals surface area contributed by atoms with E-state index in [0.717, 1.165) is 42.6 Å². The maximum Gasteiger partial charge on any atom is 0.307 e. The van der Waals surface area contributed by atoms with Crippen molar-refractivity contribution in [3.63, 3.8) is 0 Å². The first-order chi connectivity index (χ1) is 22.4. The van der Waals surface area contributed by atoms with Gasteiger partial charge in [-0.05, 0) is 83.7 Å². The molecular formula is C35H38ClN7O4. The van der Waals surface area contributed by atoms with Gasteiger partial charge in [-0.1, -0.05) is 11.6 Å². The molecule has 4 aromatic rings. The van der Waals surface area contributed by atoms with E-state index >= 15 is 0 Å². The van der Waals surface area contributed by atoms with Gasteiger partial charge in [0.1, 0.15) is 28.9 Å². The number of fused-ring (bicyclic) bond motifs is 1. The number of hydrogen-bond acceptors (Lipinski definition) is 9. The summed E-state index contributed by atoms with van der Waals surface area (Å²) in [5.41, 5.74) is 1.77. The predicted octanol–water partition coefficient (Wildman–Crippen LogP) is 6.00. The number of piperidine rings is 1. The third-order valence-corrected chi connectivity index (χ3v) is 9.09. The Bertz CT molecular complexity index is 1850. The van der Waals surface area contributed by atoms with Crippen LogP contribution < -0.4 is 15.0 Å². The topological polar surface area (TPSA) is 135 Å². The van der Waals surface area contributed by atoms with E-state index in [1.54, 1.807) is 41.4 Å². The van der Waals surface area contributed by atoms with E-state index < -0.39 is 11.1 Å². The van der Waals surface area contributed by atoms with Gasteiger partial charge in [0.2, 0.25) is 0 Å². The molecule has 2 aliphatic rings. The lowest BCUT2D eigenvalue weighted by molar-refractivity contribution is -0.156. The minimum absolute atomic E-state index is 0.218. The molecule has 47 heavy (non-hydrogen) atoms. The number of esters is 1. The molecule has 1 aliphatic heterocycles. The van der Waals surface area contributed by atoms with Gasteiger partial charge in [-0.15, -0.1) is 0 Å². The highest BCUT2D eigenvalue weighted by molar-refractivity contribution is 6.33. The van der Waals surface area contributed by atoms with Gasteiger partial charge >= 0.3 is 5.97 Å². The second-order valence-corrected chi connectivity index (χ2v) is 14.3. The van der Waals surface area contributed by atoms with Crippen LogP contribution in [-0.2, 0) is 9.53 Å². The van der Waals surface area contributed by atoms with E-state index in [0.29, 0.717) is 48.0 Å². The highest BCUT2D eigenvalue weighted by Gasteiger charge is 2.46. The fourth-order valence-electron chi connectivity index (χ4n) is 5.92. The number of halogens is 1. The molecule has 1 saturated heterocycles. The number of amides is 1. The normalized spacial score (nSPS) is 16.7. The zero-order valence-corrected chi connectivity index (χ0v) is 27.8. The standard InChI is InChI=1S/C35H38ClN7O4/c1-33(2,3)47-29(44)17-35(9-10-35)22-46-25-16-26(31-24(18-37)20-40-43(31)21-25)23-7-8-28(39-19-23)42-14-11-34(4,12-15-42)41-32(45)30-27(36)6-5-13-38-30/h5-8,13,16,19-21H,9-12,14-15,17,22H2,1-4H3,(H,41,45). The monoisotopic (exact) mass is 655 g/mol. The van der Waals surface area contributed by atoms with Crippen molar-refractivity contribution in [1.82, 2.24) is 24.9 Å². The number of nitrogens with one attached hydrogen (secondary N) is 1. The molecule has 0 unspecified atom stereocenters. The summed E-state index contributed by atoms with van der Waals surface area (Å²) in [5, 5.41) is 17.7. The first-order valence-corrected chi connectivity index (χ1v) is 16.1. The second kappa shape index (κ2) is 12.5. The van der Waals surface area contributed by atoms with Crippen molar-refractivity contribution in [3.8, 4) is 22.9 Å². The summed E-state index contributed by atoms with van der Waals surface area (Å²) in [6.07, 6.45) is 10.2. The number of nitrogens with zero attached hydrogens (tertiary/aromatic N) is 6. The summed E-state index contributed by atoms with van der Waals surface area (Å²) in [7, 11) is 0. The number of nitriles is 1. The van der Waals surface area contributed by atoms with Gasteiger partial charge < -0.3 is 19.7 Å². The molecular weight excluding hydrogens is 618 g/mol. The minimum atomic E-state index is -0.530. The maximum atomic E-state index is 12.8. The van der Waals surface area contributed by atoms with Crippen LogP contribution in [0, 0.1) is 16.7 Å². The highest BCUT2D eigenvalue weighted by Crippen LogP contribution is 2.49. The Morgan fingerprint density at radius 2 is 1.87 bits per heavy atom. The first-order valence-electron chi connectivity index (χ1n) is 15.8. The van der Waals surface area contributed by atoms with Crippen LogP contribution in [0.4, 0.5) is 5.82 Å². The predicted molar refractivity (Wildman–Crippen MR) is 177 cm³/mol. The van der Waals surface area contributed by atoms with E-state index in [1.165, 1.54) is 0 Å². The number of carbonyl (C=O) groups is 2. The molecule has 2 fully saturated rings. The van der Waals surface area contributed by atoms with Gasteiger partial charge in [-0.2, -0.15) is 10.4 Å². The van der Waals surface area contributed by atoms with Crippen LogP contribution in [0.25, 0.3) is 16.6 Å². The van der Waals surface area contributed by atoms with Crippen LogP contribution in [0.5, 0.6) is 5.75 Å². The quantitative estimate of drug-likeness (QED) is 0.216.